The summed E-state index contributed by atoms with van der Waals surface area (Å²) in [5.41, 5.74) is 3.19. The second-order valence-corrected chi connectivity index (χ2v) is 6.88. The fourth-order valence-corrected chi connectivity index (χ4v) is 3.61. The molecule has 0 bridgehead atoms. The lowest BCUT2D eigenvalue weighted by Crippen LogP contribution is -2.31. The van der Waals surface area contributed by atoms with Crippen molar-refractivity contribution in [3.63, 3.8) is 0 Å². The van der Waals surface area contributed by atoms with E-state index in [0.717, 1.165) is 16.0 Å². The average Bonchev–Trinajstić information content (AvgIpc) is 3.21. The zero-order chi connectivity index (χ0) is 20.5. The number of anilines is 1. The van der Waals surface area contributed by atoms with Crippen LogP contribution in [0.3, 0.4) is 0 Å². The molecule has 2 aromatic carbocycles. The highest BCUT2D eigenvalue weighted by Gasteiger charge is 2.39. The highest BCUT2D eigenvalue weighted by molar-refractivity contribution is 6.35. The quantitative estimate of drug-likeness (QED) is 0.492. The Bertz CT molecular complexity index is 1090. The molecule has 2 amide bonds. The number of fused-ring (bicyclic) bond motifs is 1. The van der Waals surface area contributed by atoms with Gasteiger partial charge in [-0.15, -0.1) is 0 Å². The number of hydrogen-bond donors (Lipinski definition) is 0. The van der Waals surface area contributed by atoms with Crippen LogP contribution < -0.4 is 4.90 Å². The number of nitrogens with zero attached hydrogens (tertiary/aromatic N) is 2. The Hall–Kier alpha value is -3.67. The minimum Gasteiger partial charge on any atom is -0.461 e. The van der Waals surface area contributed by atoms with E-state index in [0.29, 0.717) is 17.7 Å². The Morgan fingerprint density at radius 2 is 1.66 bits per heavy atom. The van der Waals surface area contributed by atoms with Crippen molar-refractivity contribution in [3.8, 4) is 0 Å². The van der Waals surface area contributed by atoms with Gasteiger partial charge in [0.15, 0.2) is 5.69 Å². The number of benzene rings is 2. The molecule has 0 N–H and O–H groups in total. The summed E-state index contributed by atoms with van der Waals surface area (Å²) in [6, 6.07) is 16.2. The number of esters is 1. The monoisotopic (exact) mass is 388 g/mol. The first-order valence-electron chi connectivity index (χ1n) is 9.41. The Balaban J connectivity index is 1.78. The molecule has 0 radical (unpaired) electrons. The molecule has 3 aromatic rings. The SMILES string of the molecule is CCOC(=O)c1c(N2C(=O)c3ccccc3C2=O)ccn1Cc1cccc(C)c1. The van der Waals surface area contributed by atoms with E-state index in [1.165, 1.54) is 0 Å². The molecule has 146 valence electrons. The van der Waals surface area contributed by atoms with Crippen LogP contribution in [0.1, 0.15) is 49.3 Å². The lowest BCUT2D eigenvalue weighted by atomic mass is 10.1. The Morgan fingerprint density at radius 1 is 0.966 bits per heavy atom. The van der Waals surface area contributed by atoms with Gasteiger partial charge in [-0.2, -0.15) is 0 Å². The second-order valence-electron chi connectivity index (χ2n) is 6.88. The van der Waals surface area contributed by atoms with Crippen molar-refractivity contribution >= 4 is 23.5 Å². The van der Waals surface area contributed by atoms with Crippen molar-refractivity contribution in [1.82, 2.24) is 4.57 Å². The van der Waals surface area contributed by atoms with E-state index >= 15 is 0 Å². The number of ether oxygens (including phenoxy) is 1. The molecule has 1 aliphatic rings. The molecule has 0 saturated carbocycles. The summed E-state index contributed by atoms with van der Waals surface area (Å²) in [4.78, 5) is 39.6. The standard InChI is InChI=1S/C23H20N2O4/c1-3-29-23(28)20-19(11-12-24(20)14-16-8-6-7-15(2)13-16)25-21(26)17-9-4-5-10-18(17)22(25)27/h4-13H,3,14H2,1-2H3. The van der Waals surface area contributed by atoms with Crippen LogP contribution in [0.4, 0.5) is 5.69 Å². The summed E-state index contributed by atoms with van der Waals surface area (Å²) in [7, 11) is 0. The zero-order valence-corrected chi connectivity index (χ0v) is 16.2. The number of carbonyl (C=O) groups is 3. The van der Waals surface area contributed by atoms with Gasteiger partial charge in [0.25, 0.3) is 11.8 Å². The fraction of sp³-hybridized carbons (Fsp3) is 0.174. The van der Waals surface area contributed by atoms with Crippen molar-refractivity contribution in [2.45, 2.75) is 20.4 Å². The van der Waals surface area contributed by atoms with Gasteiger partial charge in [-0.05, 0) is 37.6 Å². The molecule has 0 unspecified atom stereocenters. The Kier molecular flexibility index (Phi) is 4.76. The molecule has 29 heavy (non-hydrogen) atoms. The van der Waals surface area contributed by atoms with E-state index in [1.54, 1.807) is 48.0 Å². The van der Waals surface area contributed by atoms with Gasteiger partial charge in [0.2, 0.25) is 0 Å². The van der Waals surface area contributed by atoms with Gasteiger partial charge in [0.1, 0.15) is 0 Å². The lowest BCUT2D eigenvalue weighted by molar-refractivity contribution is 0.0515. The molecule has 1 aliphatic heterocycles. The van der Waals surface area contributed by atoms with Crippen LogP contribution in [0, 0.1) is 6.92 Å². The summed E-state index contributed by atoms with van der Waals surface area (Å²) in [5, 5.41) is 0. The lowest BCUT2D eigenvalue weighted by Gasteiger charge is -2.16. The summed E-state index contributed by atoms with van der Waals surface area (Å²) in [6.45, 7) is 4.32. The van der Waals surface area contributed by atoms with Gasteiger partial charge >= 0.3 is 5.97 Å². The topological polar surface area (TPSA) is 68.6 Å². The molecule has 4 rings (SSSR count). The molecule has 0 saturated heterocycles. The van der Waals surface area contributed by atoms with Gasteiger partial charge in [0.05, 0.1) is 23.4 Å². The number of aryl methyl sites for hydroxylation is 1. The Labute approximate surface area is 168 Å². The van der Waals surface area contributed by atoms with Crippen molar-refractivity contribution in [3.05, 3.63) is 88.7 Å². The van der Waals surface area contributed by atoms with Crippen LogP contribution in [-0.4, -0.2) is 29.0 Å². The highest BCUT2D eigenvalue weighted by Crippen LogP contribution is 2.32. The van der Waals surface area contributed by atoms with Gasteiger partial charge in [-0.1, -0.05) is 42.0 Å². The maximum atomic E-state index is 12.9. The molecular formula is C23H20N2O4. The van der Waals surface area contributed by atoms with E-state index in [9.17, 15) is 14.4 Å². The van der Waals surface area contributed by atoms with Crippen LogP contribution in [-0.2, 0) is 11.3 Å². The second kappa shape index (κ2) is 7.39. The predicted molar refractivity (Wildman–Crippen MR) is 108 cm³/mol. The third-order valence-electron chi connectivity index (χ3n) is 4.88. The van der Waals surface area contributed by atoms with Crippen molar-refractivity contribution in [2.75, 3.05) is 11.5 Å². The Morgan fingerprint density at radius 3 is 2.28 bits per heavy atom. The molecule has 1 aromatic heterocycles. The molecule has 0 atom stereocenters. The third kappa shape index (κ3) is 3.23. The van der Waals surface area contributed by atoms with Crippen LogP contribution in [0.15, 0.2) is 60.8 Å². The molecule has 0 spiro atoms. The van der Waals surface area contributed by atoms with Gasteiger partial charge in [-0.25, -0.2) is 9.69 Å². The molecular weight excluding hydrogens is 368 g/mol. The van der Waals surface area contributed by atoms with Crippen molar-refractivity contribution < 1.29 is 19.1 Å². The van der Waals surface area contributed by atoms with E-state index in [1.807, 2.05) is 31.2 Å². The van der Waals surface area contributed by atoms with Crippen LogP contribution in [0.2, 0.25) is 0 Å². The normalized spacial score (nSPS) is 13.0. The van der Waals surface area contributed by atoms with Crippen LogP contribution in [0.5, 0.6) is 0 Å². The summed E-state index contributed by atoms with van der Waals surface area (Å²) < 4.78 is 6.94. The number of carbonyl (C=O) groups excluding carboxylic acids is 3. The number of aromatic nitrogens is 1. The number of rotatable bonds is 5. The first-order chi connectivity index (χ1) is 14.0. The van der Waals surface area contributed by atoms with Gasteiger partial charge in [-0.3, -0.25) is 9.59 Å². The number of imide groups is 1. The average molecular weight is 388 g/mol. The van der Waals surface area contributed by atoms with Crippen molar-refractivity contribution in [1.29, 1.82) is 0 Å². The largest absolute Gasteiger partial charge is 0.461 e. The number of amides is 2. The first kappa shape index (κ1) is 18.7. The fourth-order valence-electron chi connectivity index (χ4n) is 3.61. The summed E-state index contributed by atoms with van der Waals surface area (Å²) in [5.74, 6) is -1.45. The summed E-state index contributed by atoms with van der Waals surface area (Å²) >= 11 is 0. The van der Waals surface area contributed by atoms with Crippen molar-refractivity contribution in [2.24, 2.45) is 0 Å². The van der Waals surface area contributed by atoms with E-state index < -0.39 is 17.8 Å². The predicted octanol–water partition coefficient (Wildman–Crippen LogP) is 3.82. The molecule has 6 nitrogen and oxygen atoms in total. The maximum absolute atomic E-state index is 12.9. The zero-order valence-electron chi connectivity index (χ0n) is 16.2. The maximum Gasteiger partial charge on any atom is 0.357 e. The molecule has 0 aliphatic carbocycles. The summed E-state index contributed by atoms with van der Waals surface area (Å²) in [6.07, 6.45) is 1.70. The first-order valence-corrected chi connectivity index (χ1v) is 9.41. The van der Waals surface area contributed by atoms with E-state index in [-0.39, 0.29) is 18.0 Å². The van der Waals surface area contributed by atoms with Crippen LogP contribution in [0.25, 0.3) is 0 Å². The number of hydrogen-bond acceptors (Lipinski definition) is 4. The minimum atomic E-state index is -0.572. The molecule has 0 fully saturated rings. The minimum absolute atomic E-state index is 0.183. The smallest absolute Gasteiger partial charge is 0.357 e. The van der Waals surface area contributed by atoms with Gasteiger partial charge in [0, 0.05) is 12.7 Å². The van der Waals surface area contributed by atoms with Gasteiger partial charge < -0.3 is 9.30 Å². The highest BCUT2D eigenvalue weighted by atomic mass is 16.5. The van der Waals surface area contributed by atoms with E-state index in [2.05, 4.69) is 0 Å². The third-order valence-corrected chi connectivity index (χ3v) is 4.88. The van der Waals surface area contributed by atoms with E-state index in [4.69, 9.17) is 4.74 Å². The molecule has 2 heterocycles. The molecule has 6 heteroatoms. The van der Waals surface area contributed by atoms with Crippen LogP contribution >= 0.6 is 0 Å².